The zero-order valence-corrected chi connectivity index (χ0v) is 13.5. The molecule has 0 fully saturated rings. The van der Waals surface area contributed by atoms with Crippen LogP contribution >= 0.6 is 0 Å². The summed E-state index contributed by atoms with van der Waals surface area (Å²) in [5.74, 6) is 0. The lowest BCUT2D eigenvalue weighted by Crippen LogP contribution is -2.43. The van der Waals surface area contributed by atoms with E-state index in [1.807, 2.05) is 50.2 Å². The lowest BCUT2D eigenvalue weighted by Gasteiger charge is -2.36. The molecule has 3 rings (SSSR count). The molecular formula is C19H22N2O2. The summed E-state index contributed by atoms with van der Waals surface area (Å²) in [4.78, 5) is 14.4. The summed E-state index contributed by atoms with van der Waals surface area (Å²) in [5, 5.41) is 12.8. The largest absolute Gasteiger partial charge is 0.394 e. The van der Waals surface area contributed by atoms with Crippen LogP contribution in [0, 0.1) is 13.8 Å². The highest BCUT2D eigenvalue weighted by molar-refractivity contribution is 5.90. The van der Waals surface area contributed by atoms with E-state index >= 15 is 0 Å². The van der Waals surface area contributed by atoms with Crippen molar-refractivity contribution in [2.24, 2.45) is 0 Å². The number of fused-ring (bicyclic) bond motifs is 1. The zero-order valence-electron chi connectivity index (χ0n) is 13.5. The SMILES string of the molecule is Cc1ccc(C)c(NC(=O)N2CCc3ccccc3C2CO)c1. The molecule has 0 saturated heterocycles. The maximum absolute atomic E-state index is 12.7. The Labute approximate surface area is 136 Å². The van der Waals surface area contributed by atoms with E-state index in [-0.39, 0.29) is 18.7 Å². The van der Waals surface area contributed by atoms with E-state index in [0.29, 0.717) is 6.54 Å². The zero-order chi connectivity index (χ0) is 16.4. The van der Waals surface area contributed by atoms with E-state index in [4.69, 9.17) is 0 Å². The number of hydrogen-bond acceptors (Lipinski definition) is 2. The average Bonchev–Trinajstić information content (AvgIpc) is 2.57. The van der Waals surface area contributed by atoms with Crippen molar-refractivity contribution in [3.05, 3.63) is 64.7 Å². The molecule has 0 saturated carbocycles. The summed E-state index contributed by atoms with van der Waals surface area (Å²) in [7, 11) is 0. The number of hydrogen-bond donors (Lipinski definition) is 2. The van der Waals surface area contributed by atoms with E-state index in [0.717, 1.165) is 28.8 Å². The Bertz CT molecular complexity index is 727. The topological polar surface area (TPSA) is 52.6 Å². The van der Waals surface area contributed by atoms with Gasteiger partial charge in [0.1, 0.15) is 0 Å². The minimum Gasteiger partial charge on any atom is -0.394 e. The van der Waals surface area contributed by atoms with Crippen molar-refractivity contribution in [3.8, 4) is 0 Å². The van der Waals surface area contributed by atoms with Gasteiger partial charge in [-0.15, -0.1) is 0 Å². The van der Waals surface area contributed by atoms with Crippen LogP contribution in [0.1, 0.15) is 28.3 Å². The molecule has 2 N–H and O–H groups in total. The van der Waals surface area contributed by atoms with Gasteiger partial charge in [-0.2, -0.15) is 0 Å². The number of anilines is 1. The lowest BCUT2D eigenvalue weighted by atomic mass is 9.93. The predicted molar refractivity (Wildman–Crippen MR) is 91.6 cm³/mol. The highest BCUT2D eigenvalue weighted by Gasteiger charge is 2.30. The fourth-order valence-corrected chi connectivity index (χ4v) is 3.15. The minimum absolute atomic E-state index is 0.0722. The van der Waals surface area contributed by atoms with Crippen LogP contribution in [0.25, 0.3) is 0 Å². The number of aryl methyl sites for hydroxylation is 2. The van der Waals surface area contributed by atoms with Crippen LogP contribution < -0.4 is 5.32 Å². The van der Waals surface area contributed by atoms with Gasteiger partial charge in [0.25, 0.3) is 0 Å². The maximum Gasteiger partial charge on any atom is 0.322 e. The van der Waals surface area contributed by atoms with Crippen molar-refractivity contribution in [1.29, 1.82) is 0 Å². The third kappa shape index (κ3) is 3.08. The Balaban J connectivity index is 1.84. The molecule has 0 radical (unpaired) electrons. The smallest absolute Gasteiger partial charge is 0.322 e. The summed E-state index contributed by atoms with van der Waals surface area (Å²) in [6, 6.07) is 13.6. The normalized spacial score (nSPS) is 16.8. The quantitative estimate of drug-likeness (QED) is 0.893. The van der Waals surface area contributed by atoms with Crippen LogP contribution in [0.5, 0.6) is 0 Å². The summed E-state index contributed by atoms with van der Waals surface area (Å²) >= 11 is 0. The molecule has 0 spiro atoms. The Hall–Kier alpha value is -2.33. The molecule has 1 heterocycles. The summed E-state index contributed by atoms with van der Waals surface area (Å²) < 4.78 is 0. The summed E-state index contributed by atoms with van der Waals surface area (Å²) in [6.45, 7) is 4.52. The van der Waals surface area contributed by atoms with Crippen molar-refractivity contribution in [2.75, 3.05) is 18.5 Å². The number of aliphatic hydroxyl groups is 1. The van der Waals surface area contributed by atoms with Crippen LogP contribution in [0.15, 0.2) is 42.5 Å². The molecule has 120 valence electrons. The van der Waals surface area contributed by atoms with Gasteiger partial charge in [0.2, 0.25) is 0 Å². The van der Waals surface area contributed by atoms with Gasteiger partial charge in [-0.05, 0) is 48.6 Å². The number of carbonyl (C=O) groups is 1. The van der Waals surface area contributed by atoms with E-state index in [1.54, 1.807) is 4.90 Å². The number of amides is 2. The van der Waals surface area contributed by atoms with E-state index in [2.05, 4.69) is 11.4 Å². The van der Waals surface area contributed by atoms with Crippen LogP contribution in [0.2, 0.25) is 0 Å². The highest BCUT2D eigenvalue weighted by Crippen LogP contribution is 2.30. The molecule has 1 aliphatic rings. The third-order valence-corrected chi connectivity index (χ3v) is 4.48. The number of nitrogens with zero attached hydrogens (tertiary/aromatic N) is 1. The molecule has 4 heteroatoms. The third-order valence-electron chi connectivity index (χ3n) is 4.48. The number of nitrogens with one attached hydrogen (secondary N) is 1. The first-order valence-corrected chi connectivity index (χ1v) is 7.93. The average molecular weight is 310 g/mol. The van der Waals surface area contributed by atoms with Gasteiger partial charge < -0.3 is 15.3 Å². The van der Waals surface area contributed by atoms with E-state index in [1.165, 1.54) is 5.56 Å². The fourth-order valence-electron chi connectivity index (χ4n) is 3.15. The number of rotatable bonds is 2. The van der Waals surface area contributed by atoms with Gasteiger partial charge in [0.05, 0.1) is 12.6 Å². The Morgan fingerprint density at radius 2 is 2.04 bits per heavy atom. The molecule has 23 heavy (non-hydrogen) atoms. The molecule has 1 aliphatic heterocycles. The first-order valence-electron chi connectivity index (χ1n) is 7.93. The van der Waals surface area contributed by atoms with Crippen molar-refractivity contribution < 1.29 is 9.90 Å². The fraction of sp³-hybridized carbons (Fsp3) is 0.316. The maximum atomic E-state index is 12.7. The second-order valence-corrected chi connectivity index (χ2v) is 6.09. The Kier molecular flexibility index (Phi) is 4.35. The van der Waals surface area contributed by atoms with Crippen LogP contribution in [-0.4, -0.2) is 29.2 Å². The number of aliphatic hydroxyl groups excluding tert-OH is 1. The molecule has 2 amide bonds. The molecule has 4 nitrogen and oxygen atoms in total. The lowest BCUT2D eigenvalue weighted by molar-refractivity contribution is 0.135. The molecule has 2 aromatic carbocycles. The monoisotopic (exact) mass is 310 g/mol. The van der Waals surface area contributed by atoms with Crippen LogP contribution in [-0.2, 0) is 6.42 Å². The van der Waals surface area contributed by atoms with Crippen molar-refractivity contribution >= 4 is 11.7 Å². The van der Waals surface area contributed by atoms with E-state index < -0.39 is 0 Å². The number of carbonyl (C=O) groups excluding carboxylic acids is 1. The second kappa shape index (κ2) is 6.42. The Morgan fingerprint density at radius 1 is 1.26 bits per heavy atom. The number of benzene rings is 2. The van der Waals surface area contributed by atoms with Gasteiger partial charge in [0.15, 0.2) is 0 Å². The molecule has 1 atom stereocenters. The van der Waals surface area contributed by atoms with E-state index in [9.17, 15) is 9.90 Å². The first kappa shape index (κ1) is 15.6. The van der Waals surface area contributed by atoms with Crippen molar-refractivity contribution in [3.63, 3.8) is 0 Å². The van der Waals surface area contributed by atoms with Gasteiger partial charge >= 0.3 is 6.03 Å². The summed E-state index contributed by atoms with van der Waals surface area (Å²) in [6.07, 6.45) is 0.812. The van der Waals surface area contributed by atoms with Gasteiger partial charge in [0, 0.05) is 12.2 Å². The van der Waals surface area contributed by atoms with Crippen LogP contribution in [0.4, 0.5) is 10.5 Å². The van der Waals surface area contributed by atoms with Gasteiger partial charge in [-0.25, -0.2) is 4.79 Å². The molecule has 0 aliphatic carbocycles. The van der Waals surface area contributed by atoms with Crippen molar-refractivity contribution in [1.82, 2.24) is 4.90 Å². The molecule has 0 aromatic heterocycles. The standard InChI is InChI=1S/C19H22N2O2/c1-13-7-8-14(2)17(11-13)20-19(23)21-10-9-15-5-3-4-6-16(15)18(21)12-22/h3-8,11,18,22H,9-10,12H2,1-2H3,(H,20,23). The summed E-state index contributed by atoms with van der Waals surface area (Å²) in [5.41, 5.74) is 5.21. The van der Waals surface area contributed by atoms with Gasteiger partial charge in [-0.1, -0.05) is 36.4 Å². The number of urea groups is 1. The highest BCUT2D eigenvalue weighted by atomic mass is 16.3. The van der Waals surface area contributed by atoms with Gasteiger partial charge in [-0.3, -0.25) is 0 Å². The molecule has 1 unspecified atom stereocenters. The van der Waals surface area contributed by atoms with Crippen molar-refractivity contribution in [2.45, 2.75) is 26.3 Å². The molecular weight excluding hydrogens is 288 g/mol. The van der Waals surface area contributed by atoms with Crippen LogP contribution in [0.3, 0.4) is 0 Å². The predicted octanol–water partition coefficient (Wildman–Crippen LogP) is 3.43. The minimum atomic E-state index is -0.287. The Morgan fingerprint density at radius 3 is 2.83 bits per heavy atom. The molecule has 2 aromatic rings. The molecule has 0 bridgehead atoms. The second-order valence-electron chi connectivity index (χ2n) is 6.09. The first-order chi connectivity index (χ1) is 11.1.